The number of anilines is 3. The average molecular weight is 716 g/mol. The van der Waals surface area contributed by atoms with Crippen LogP contribution >= 0.6 is 0 Å². The third-order valence-corrected chi connectivity index (χ3v) is 10.7. The monoisotopic (exact) mass is 715 g/mol. The van der Waals surface area contributed by atoms with E-state index in [0.29, 0.717) is 0 Å². The van der Waals surface area contributed by atoms with Crippen LogP contribution in [0.25, 0.3) is 77.6 Å². The zero-order chi connectivity index (χ0) is 37.3. The van der Waals surface area contributed by atoms with E-state index in [2.05, 4.69) is 223 Å². The highest BCUT2D eigenvalue weighted by Gasteiger charge is 2.17. The summed E-state index contributed by atoms with van der Waals surface area (Å²) in [4.78, 5) is 2.33. The van der Waals surface area contributed by atoms with Gasteiger partial charge in [-0.3, -0.25) is 0 Å². The molecule has 2 heteroatoms. The molecule has 0 amide bonds. The molecule has 264 valence electrons. The van der Waals surface area contributed by atoms with Crippen LogP contribution in [0.2, 0.25) is 0 Å². The van der Waals surface area contributed by atoms with Crippen molar-refractivity contribution in [3.63, 3.8) is 0 Å². The van der Waals surface area contributed by atoms with Gasteiger partial charge in [0.25, 0.3) is 0 Å². The molecule has 1 aromatic heterocycles. The van der Waals surface area contributed by atoms with Crippen LogP contribution in [0.1, 0.15) is 0 Å². The van der Waals surface area contributed by atoms with E-state index >= 15 is 0 Å². The van der Waals surface area contributed by atoms with Crippen LogP contribution in [0.15, 0.2) is 229 Å². The van der Waals surface area contributed by atoms with E-state index in [1.54, 1.807) is 0 Å². The Morgan fingerprint density at radius 1 is 0.268 bits per heavy atom. The second-order valence-corrected chi connectivity index (χ2v) is 14.2. The van der Waals surface area contributed by atoms with Crippen molar-refractivity contribution in [2.24, 2.45) is 0 Å². The first-order valence-electron chi connectivity index (χ1n) is 19.1. The number of fused-ring (bicyclic) bond motifs is 3. The smallest absolute Gasteiger partial charge is 0.143 e. The zero-order valence-electron chi connectivity index (χ0n) is 30.7. The van der Waals surface area contributed by atoms with Crippen LogP contribution in [-0.4, -0.2) is 0 Å². The summed E-state index contributed by atoms with van der Waals surface area (Å²) < 4.78 is 6.46. The Bertz CT molecular complexity index is 2830. The number of benzene rings is 9. The number of hydrogen-bond acceptors (Lipinski definition) is 2. The lowest BCUT2D eigenvalue weighted by Crippen LogP contribution is -2.09. The number of para-hydroxylation sites is 1. The summed E-state index contributed by atoms with van der Waals surface area (Å²) in [7, 11) is 0. The van der Waals surface area contributed by atoms with Gasteiger partial charge in [-0.25, -0.2) is 0 Å². The lowest BCUT2D eigenvalue weighted by molar-refractivity contribution is 0.670. The van der Waals surface area contributed by atoms with E-state index in [-0.39, 0.29) is 0 Å². The highest BCUT2D eigenvalue weighted by molar-refractivity contribution is 6.11. The molecule has 10 aromatic rings. The van der Waals surface area contributed by atoms with Crippen molar-refractivity contribution in [1.29, 1.82) is 0 Å². The molecule has 0 spiro atoms. The second-order valence-electron chi connectivity index (χ2n) is 14.2. The Kier molecular flexibility index (Phi) is 8.55. The lowest BCUT2D eigenvalue weighted by atomic mass is 9.94. The Balaban J connectivity index is 1.02. The fraction of sp³-hybridized carbons (Fsp3) is 0. The molecule has 2 nitrogen and oxygen atoms in total. The summed E-state index contributed by atoms with van der Waals surface area (Å²) in [6.45, 7) is 0. The van der Waals surface area contributed by atoms with Gasteiger partial charge >= 0.3 is 0 Å². The van der Waals surface area contributed by atoms with Gasteiger partial charge in [-0.05, 0) is 111 Å². The molecule has 0 aliphatic rings. The van der Waals surface area contributed by atoms with Crippen LogP contribution < -0.4 is 4.90 Å². The highest BCUT2D eigenvalue weighted by atomic mass is 16.3. The predicted molar refractivity (Wildman–Crippen MR) is 236 cm³/mol. The summed E-state index contributed by atoms with van der Waals surface area (Å²) in [6, 6.07) is 80.0. The van der Waals surface area contributed by atoms with Crippen molar-refractivity contribution in [2.75, 3.05) is 4.90 Å². The van der Waals surface area contributed by atoms with Crippen LogP contribution in [-0.2, 0) is 0 Å². The molecule has 0 saturated carbocycles. The molecular formula is C54H37NO. The Labute approximate surface area is 327 Å². The summed E-state index contributed by atoms with van der Waals surface area (Å²) >= 11 is 0. The Morgan fingerprint density at radius 2 is 0.679 bits per heavy atom. The minimum atomic E-state index is 0.902. The van der Waals surface area contributed by atoms with Crippen molar-refractivity contribution in [3.05, 3.63) is 224 Å². The topological polar surface area (TPSA) is 16.4 Å². The largest absolute Gasteiger partial charge is 0.455 e. The summed E-state index contributed by atoms with van der Waals surface area (Å²) in [6.07, 6.45) is 0. The van der Waals surface area contributed by atoms with E-state index in [1.807, 2.05) is 6.07 Å². The maximum atomic E-state index is 6.46. The standard InChI is InChI=1S/C54H37NO/c1-4-13-38(14-5-1)40-23-29-47(30-24-40)55(48-31-25-41(26-32-48)39-15-6-2-7-16-39)49-33-27-42(28-34-49)44-19-12-20-45(35-44)46-36-51(43-17-8-3-9-18-43)54-52(37-46)50-21-10-11-22-53(50)56-54/h1-37H. The predicted octanol–water partition coefficient (Wildman–Crippen LogP) is 15.4. The van der Waals surface area contributed by atoms with E-state index in [9.17, 15) is 0 Å². The molecule has 10 rings (SSSR count). The Hall–Kier alpha value is -7.42. The fourth-order valence-corrected chi connectivity index (χ4v) is 7.82. The maximum Gasteiger partial charge on any atom is 0.143 e. The number of nitrogens with zero attached hydrogens (tertiary/aromatic N) is 1. The van der Waals surface area contributed by atoms with Crippen molar-refractivity contribution < 1.29 is 4.42 Å². The molecule has 9 aromatic carbocycles. The van der Waals surface area contributed by atoms with Gasteiger partial charge in [0.05, 0.1) is 0 Å². The minimum Gasteiger partial charge on any atom is -0.455 e. The van der Waals surface area contributed by atoms with Gasteiger partial charge in [0.15, 0.2) is 0 Å². The van der Waals surface area contributed by atoms with Crippen LogP contribution in [0.5, 0.6) is 0 Å². The number of furan rings is 1. The van der Waals surface area contributed by atoms with Gasteiger partial charge in [0, 0.05) is 33.4 Å². The average Bonchev–Trinajstić information content (AvgIpc) is 3.67. The SMILES string of the molecule is c1ccc(-c2ccc(N(c3ccc(-c4ccccc4)cc3)c3ccc(-c4cccc(-c5cc(-c6ccccc6)c6oc7ccccc7c6c5)c4)cc3)cc2)cc1. The number of hydrogen-bond donors (Lipinski definition) is 0. The molecular weight excluding hydrogens is 679 g/mol. The van der Waals surface area contributed by atoms with Crippen LogP contribution in [0.4, 0.5) is 17.1 Å². The molecule has 0 fully saturated rings. The molecule has 0 radical (unpaired) electrons. The van der Waals surface area contributed by atoms with Crippen molar-refractivity contribution in [1.82, 2.24) is 0 Å². The Morgan fingerprint density at radius 3 is 1.21 bits per heavy atom. The maximum absolute atomic E-state index is 6.46. The molecule has 0 saturated heterocycles. The second kappa shape index (κ2) is 14.4. The number of rotatable bonds is 8. The molecule has 0 aliphatic heterocycles. The summed E-state index contributed by atoms with van der Waals surface area (Å²) in [5.74, 6) is 0. The quantitative estimate of drug-likeness (QED) is 0.156. The molecule has 0 N–H and O–H groups in total. The van der Waals surface area contributed by atoms with Gasteiger partial charge in [0.1, 0.15) is 11.2 Å². The third kappa shape index (κ3) is 6.34. The molecule has 1 heterocycles. The molecule has 0 unspecified atom stereocenters. The first-order chi connectivity index (χ1) is 27.7. The normalized spacial score (nSPS) is 11.2. The molecule has 0 atom stereocenters. The van der Waals surface area contributed by atoms with Gasteiger partial charge in [-0.2, -0.15) is 0 Å². The van der Waals surface area contributed by atoms with Crippen molar-refractivity contribution in [2.45, 2.75) is 0 Å². The minimum absolute atomic E-state index is 0.902. The molecule has 56 heavy (non-hydrogen) atoms. The van der Waals surface area contributed by atoms with Gasteiger partial charge in [-0.15, -0.1) is 0 Å². The summed E-state index contributed by atoms with van der Waals surface area (Å²) in [5.41, 5.74) is 16.8. The highest BCUT2D eigenvalue weighted by Crippen LogP contribution is 2.41. The van der Waals surface area contributed by atoms with E-state index in [1.165, 1.54) is 27.8 Å². The van der Waals surface area contributed by atoms with Crippen molar-refractivity contribution in [3.8, 4) is 55.6 Å². The van der Waals surface area contributed by atoms with Gasteiger partial charge in [-0.1, -0.05) is 164 Å². The van der Waals surface area contributed by atoms with Crippen LogP contribution in [0.3, 0.4) is 0 Å². The summed E-state index contributed by atoms with van der Waals surface area (Å²) in [5, 5.41) is 2.25. The molecule has 0 aliphatic carbocycles. The van der Waals surface area contributed by atoms with E-state index in [4.69, 9.17) is 4.42 Å². The van der Waals surface area contributed by atoms with E-state index in [0.717, 1.165) is 66.8 Å². The van der Waals surface area contributed by atoms with Gasteiger partial charge in [0.2, 0.25) is 0 Å². The fourth-order valence-electron chi connectivity index (χ4n) is 7.82. The van der Waals surface area contributed by atoms with Gasteiger partial charge < -0.3 is 9.32 Å². The molecule has 0 bridgehead atoms. The lowest BCUT2D eigenvalue weighted by Gasteiger charge is -2.26. The van der Waals surface area contributed by atoms with Crippen molar-refractivity contribution >= 4 is 39.0 Å². The first-order valence-corrected chi connectivity index (χ1v) is 19.1. The first kappa shape index (κ1) is 33.2. The third-order valence-electron chi connectivity index (χ3n) is 10.7. The van der Waals surface area contributed by atoms with Crippen LogP contribution in [0, 0.1) is 0 Å². The zero-order valence-corrected chi connectivity index (χ0v) is 30.7. The van der Waals surface area contributed by atoms with E-state index < -0.39 is 0 Å².